The molecule has 0 saturated heterocycles. The van der Waals surface area contributed by atoms with Crippen molar-refractivity contribution in [2.75, 3.05) is 6.54 Å². The second-order valence-corrected chi connectivity index (χ2v) is 6.58. The number of rotatable bonds is 4. The summed E-state index contributed by atoms with van der Waals surface area (Å²) in [7, 11) is 0. The van der Waals surface area contributed by atoms with Crippen molar-refractivity contribution in [3.63, 3.8) is 0 Å². The van der Waals surface area contributed by atoms with E-state index in [1.54, 1.807) is 5.57 Å². The highest BCUT2D eigenvalue weighted by Crippen LogP contribution is 2.42. The maximum atomic E-state index is 3.82. The zero-order valence-corrected chi connectivity index (χ0v) is 12.4. The Morgan fingerprint density at radius 3 is 2.56 bits per heavy atom. The van der Waals surface area contributed by atoms with Gasteiger partial charge >= 0.3 is 0 Å². The van der Waals surface area contributed by atoms with Crippen molar-refractivity contribution < 1.29 is 0 Å². The summed E-state index contributed by atoms with van der Waals surface area (Å²) in [5, 5.41) is 3.82. The molecule has 104 valence electrons. The molecular weight excluding hydrogens is 218 g/mol. The molecule has 0 aromatic rings. The molecular formula is C17H31N. The maximum absolute atomic E-state index is 3.82. The van der Waals surface area contributed by atoms with E-state index < -0.39 is 0 Å². The molecule has 0 bridgehead atoms. The number of allylic oxidation sites excluding steroid dienone is 1. The van der Waals surface area contributed by atoms with E-state index in [0.717, 1.165) is 6.54 Å². The molecule has 0 aromatic heterocycles. The Morgan fingerprint density at radius 2 is 1.83 bits per heavy atom. The third kappa shape index (κ3) is 3.38. The maximum Gasteiger partial charge on any atom is 0.0333 e. The van der Waals surface area contributed by atoms with Gasteiger partial charge in [-0.2, -0.15) is 0 Å². The van der Waals surface area contributed by atoms with Crippen molar-refractivity contribution in [1.82, 2.24) is 5.32 Å². The molecule has 0 spiro atoms. The summed E-state index contributed by atoms with van der Waals surface area (Å²) in [5.41, 5.74) is 2.25. The van der Waals surface area contributed by atoms with Gasteiger partial charge in [-0.25, -0.2) is 0 Å². The highest BCUT2D eigenvalue weighted by atomic mass is 14.9. The fourth-order valence-corrected chi connectivity index (χ4v) is 3.98. The summed E-state index contributed by atoms with van der Waals surface area (Å²) in [4.78, 5) is 0. The molecule has 1 fully saturated rings. The quantitative estimate of drug-likeness (QED) is 0.704. The molecule has 1 heteroatoms. The predicted octanol–water partition coefficient (Wildman–Crippen LogP) is 4.83. The highest BCUT2D eigenvalue weighted by Gasteiger charge is 2.36. The normalized spacial score (nSPS) is 26.2. The Labute approximate surface area is 113 Å². The second-order valence-electron chi connectivity index (χ2n) is 6.58. The molecule has 2 rings (SSSR count). The van der Waals surface area contributed by atoms with E-state index in [-0.39, 0.29) is 0 Å². The van der Waals surface area contributed by atoms with Gasteiger partial charge in [-0.15, -0.1) is 0 Å². The van der Waals surface area contributed by atoms with Crippen LogP contribution >= 0.6 is 0 Å². The zero-order chi connectivity index (χ0) is 12.8. The predicted molar refractivity (Wildman–Crippen MR) is 79.8 cm³/mol. The number of hydrogen-bond donors (Lipinski definition) is 1. The Morgan fingerprint density at radius 1 is 1.11 bits per heavy atom. The Bertz CT molecular complexity index is 273. The molecule has 0 heterocycles. The smallest absolute Gasteiger partial charge is 0.0333 e. The van der Waals surface area contributed by atoms with Crippen molar-refractivity contribution in [2.24, 2.45) is 5.41 Å². The van der Waals surface area contributed by atoms with Crippen LogP contribution in [0.1, 0.15) is 78.1 Å². The minimum absolute atomic E-state index is 0.518. The van der Waals surface area contributed by atoms with E-state index in [4.69, 9.17) is 0 Å². The van der Waals surface area contributed by atoms with Crippen LogP contribution in [0.3, 0.4) is 0 Å². The van der Waals surface area contributed by atoms with E-state index >= 15 is 0 Å². The summed E-state index contributed by atoms with van der Waals surface area (Å²) < 4.78 is 0. The lowest BCUT2D eigenvalue weighted by Gasteiger charge is -2.42. The highest BCUT2D eigenvalue weighted by molar-refractivity contribution is 5.17. The van der Waals surface area contributed by atoms with Gasteiger partial charge in [0.1, 0.15) is 0 Å². The van der Waals surface area contributed by atoms with Gasteiger partial charge in [0.2, 0.25) is 0 Å². The Hall–Kier alpha value is -0.300. The lowest BCUT2D eigenvalue weighted by molar-refractivity contribution is 0.162. The molecule has 0 radical (unpaired) electrons. The third-order valence-electron chi connectivity index (χ3n) is 5.05. The van der Waals surface area contributed by atoms with E-state index in [1.165, 1.54) is 64.2 Å². The summed E-state index contributed by atoms with van der Waals surface area (Å²) in [6.07, 6.45) is 16.6. The first-order valence-corrected chi connectivity index (χ1v) is 8.18. The van der Waals surface area contributed by atoms with Crippen molar-refractivity contribution in [3.8, 4) is 0 Å². The first-order chi connectivity index (χ1) is 8.76. The minimum atomic E-state index is 0.518. The fraction of sp³-hybridized carbons (Fsp3) is 0.882. The van der Waals surface area contributed by atoms with Gasteiger partial charge in [-0.1, -0.05) is 51.2 Å². The van der Waals surface area contributed by atoms with Crippen LogP contribution in [0.25, 0.3) is 0 Å². The van der Waals surface area contributed by atoms with Gasteiger partial charge in [0.15, 0.2) is 0 Å². The van der Waals surface area contributed by atoms with Crippen LogP contribution in [0.2, 0.25) is 0 Å². The molecule has 2 aliphatic rings. The number of nitrogens with one attached hydrogen (secondary N) is 1. The van der Waals surface area contributed by atoms with Crippen LogP contribution in [0.4, 0.5) is 0 Å². The van der Waals surface area contributed by atoms with Crippen molar-refractivity contribution >= 4 is 0 Å². The molecule has 1 N–H and O–H groups in total. The van der Waals surface area contributed by atoms with Crippen LogP contribution in [-0.2, 0) is 0 Å². The fourth-order valence-electron chi connectivity index (χ4n) is 3.98. The molecule has 1 saturated carbocycles. The van der Waals surface area contributed by atoms with Crippen LogP contribution in [0.5, 0.6) is 0 Å². The van der Waals surface area contributed by atoms with Crippen LogP contribution in [0, 0.1) is 5.41 Å². The Kier molecular flexibility index (Phi) is 5.29. The van der Waals surface area contributed by atoms with Gasteiger partial charge in [0, 0.05) is 6.04 Å². The monoisotopic (exact) mass is 249 g/mol. The summed E-state index contributed by atoms with van der Waals surface area (Å²) in [5.74, 6) is 0. The minimum Gasteiger partial charge on any atom is -0.310 e. The van der Waals surface area contributed by atoms with Crippen molar-refractivity contribution in [2.45, 2.75) is 84.1 Å². The van der Waals surface area contributed by atoms with E-state index in [1.807, 2.05) is 0 Å². The van der Waals surface area contributed by atoms with Gasteiger partial charge < -0.3 is 5.32 Å². The first kappa shape index (κ1) is 14.1. The standard InChI is InChI=1S/C17H31N/c1-3-18-16(15-11-7-4-5-8-12-15)17(2)13-9-6-10-14-17/h11,16,18H,3-10,12-14H2,1-2H3. The first-order valence-electron chi connectivity index (χ1n) is 8.18. The lowest BCUT2D eigenvalue weighted by Crippen LogP contribution is -2.46. The lowest BCUT2D eigenvalue weighted by atomic mass is 9.68. The number of likely N-dealkylation sites (N-methyl/N-ethyl adjacent to an activating group) is 1. The molecule has 18 heavy (non-hydrogen) atoms. The number of hydrogen-bond acceptors (Lipinski definition) is 1. The van der Waals surface area contributed by atoms with Crippen LogP contribution in [-0.4, -0.2) is 12.6 Å². The average Bonchev–Trinajstić information content (AvgIpc) is 2.65. The van der Waals surface area contributed by atoms with Crippen LogP contribution in [0.15, 0.2) is 11.6 Å². The van der Waals surface area contributed by atoms with Crippen LogP contribution < -0.4 is 5.32 Å². The molecule has 0 amide bonds. The van der Waals surface area contributed by atoms with Gasteiger partial charge in [-0.3, -0.25) is 0 Å². The largest absolute Gasteiger partial charge is 0.310 e. The van der Waals surface area contributed by atoms with Gasteiger partial charge in [-0.05, 0) is 50.5 Å². The third-order valence-corrected chi connectivity index (χ3v) is 5.05. The average molecular weight is 249 g/mol. The molecule has 1 atom stereocenters. The summed E-state index contributed by atoms with van der Waals surface area (Å²) >= 11 is 0. The SMILES string of the molecule is CCNC(C1=CCCCCC1)C1(C)CCCCC1. The molecule has 2 aliphatic carbocycles. The topological polar surface area (TPSA) is 12.0 Å². The Balaban J connectivity index is 2.12. The van der Waals surface area contributed by atoms with Crippen molar-refractivity contribution in [1.29, 1.82) is 0 Å². The van der Waals surface area contributed by atoms with Crippen molar-refractivity contribution in [3.05, 3.63) is 11.6 Å². The molecule has 1 nitrogen and oxygen atoms in total. The second kappa shape index (κ2) is 6.75. The van der Waals surface area contributed by atoms with E-state index in [2.05, 4.69) is 25.2 Å². The van der Waals surface area contributed by atoms with E-state index in [9.17, 15) is 0 Å². The van der Waals surface area contributed by atoms with Gasteiger partial charge in [0.05, 0.1) is 0 Å². The molecule has 1 unspecified atom stereocenters. The molecule has 0 aliphatic heterocycles. The molecule has 0 aromatic carbocycles. The van der Waals surface area contributed by atoms with Gasteiger partial charge in [0.25, 0.3) is 0 Å². The zero-order valence-electron chi connectivity index (χ0n) is 12.4. The van der Waals surface area contributed by atoms with E-state index in [0.29, 0.717) is 11.5 Å². The summed E-state index contributed by atoms with van der Waals surface area (Å²) in [6.45, 7) is 5.90. The summed E-state index contributed by atoms with van der Waals surface area (Å²) in [6, 6.07) is 0.654.